The Bertz CT molecular complexity index is 240. The number of carbonyl (C=O) groups excluding carboxylic acids is 1. The third kappa shape index (κ3) is 4.13. The van der Waals surface area contributed by atoms with Gasteiger partial charge in [-0.05, 0) is 12.8 Å². The van der Waals surface area contributed by atoms with Gasteiger partial charge in [-0.1, -0.05) is 19.1 Å². The summed E-state index contributed by atoms with van der Waals surface area (Å²) >= 11 is 4.83. The van der Waals surface area contributed by atoms with Gasteiger partial charge < -0.3 is 15.8 Å². The highest BCUT2D eigenvalue weighted by Gasteiger charge is 2.24. The predicted molar refractivity (Wildman–Crippen MR) is 62.6 cm³/mol. The van der Waals surface area contributed by atoms with Crippen molar-refractivity contribution in [1.29, 1.82) is 0 Å². The van der Waals surface area contributed by atoms with E-state index in [2.05, 4.69) is 5.32 Å². The van der Waals surface area contributed by atoms with Crippen LogP contribution in [-0.4, -0.2) is 30.2 Å². The summed E-state index contributed by atoms with van der Waals surface area (Å²) in [6, 6.07) is 0.0654. The minimum absolute atomic E-state index is 0.00500. The quantitative estimate of drug-likeness (QED) is 0.679. The zero-order valence-corrected chi connectivity index (χ0v) is 9.81. The standard InChI is InChI=1S/C10H18N2O2S/c1-2-8(5-9(11)15)12-10(13)7-3-4-14-6-7/h7-8H,2-6H2,1H3,(H2,11,15)(H,12,13). The Balaban J connectivity index is 2.36. The van der Waals surface area contributed by atoms with E-state index in [1.54, 1.807) is 0 Å². The Morgan fingerprint density at radius 1 is 1.73 bits per heavy atom. The van der Waals surface area contributed by atoms with E-state index in [-0.39, 0.29) is 17.9 Å². The molecule has 1 rings (SSSR count). The summed E-state index contributed by atoms with van der Waals surface area (Å²) in [4.78, 5) is 12.2. The van der Waals surface area contributed by atoms with E-state index in [4.69, 9.17) is 22.7 Å². The van der Waals surface area contributed by atoms with Gasteiger partial charge in [0.2, 0.25) is 5.91 Å². The van der Waals surface area contributed by atoms with Gasteiger partial charge in [0, 0.05) is 19.1 Å². The zero-order valence-electron chi connectivity index (χ0n) is 8.99. The zero-order chi connectivity index (χ0) is 11.3. The fourth-order valence-electron chi connectivity index (χ4n) is 1.60. The van der Waals surface area contributed by atoms with Crippen LogP contribution in [0.4, 0.5) is 0 Å². The molecule has 1 heterocycles. The highest BCUT2D eigenvalue weighted by Crippen LogP contribution is 2.13. The number of nitrogens with one attached hydrogen (secondary N) is 1. The summed E-state index contributed by atoms with van der Waals surface area (Å²) in [6.45, 7) is 3.23. The number of thiocarbonyl (C=S) groups is 1. The summed E-state index contributed by atoms with van der Waals surface area (Å²) in [5.41, 5.74) is 5.45. The predicted octanol–water partition coefficient (Wildman–Crippen LogP) is 0.594. The molecule has 3 N–H and O–H groups in total. The van der Waals surface area contributed by atoms with Gasteiger partial charge in [0.05, 0.1) is 17.5 Å². The molecule has 1 aliphatic rings. The summed E-state index contributed by atoms with van der Waals surface area (Å²) in [7, 11) is 0. The SMILES string of the molecule is CCC(CC(N)=S)NC(=O)C1CCOC1. The van der Waals surface area contributed by atoms with Crippen LogP contribution in [0.25, 0.3) is 0 Å². The summed E-state index contributed by atoms with van der Waals surface area (Å²) in [6.07, 6.45) is 2.23. The molecule has 0 bridgehead atoms. The monoisotopic (exact) mass is 230 g/mol. The van der Waals surface area contributed by atoms with E-state index in [1.807, 2.05) is 6.92 Å². The second kappa shape index (κ2) is 6.02. The van der Waals surface area contributed by atoms with Crippen molar-refractivity contribution >= 4 is 23.1 Å². The molecular weight excluding hydrogens is 212 g/mol. The van der Waals surface area contributed by atoms with Crippen LogP contribution >= 0.6 is 12.2 Å². The molecule has 4 nitrogen and oxygen atoms in total. The number of carbonyl (C=O) groups is 1. The fourth-order valence-corrected chi connectivity index (χ4v) is 1.80. The number of nitrogens with two attached hydrogens (primary N) is 1. The second-order valence-electron chi connectivity index (χ2n) is 3.84. The van der Waals surface area contributed by atoms with Crippen LogP contribution in [0.1, 0.15) is 26.2 Å². The first-order valence-electron chi connectivity index (χ1n) is 5.30. The third-order valence-corrected chi connectivity index (χ3v) is 2.75. The molecule has 0 radical (unpaired) electrons. The Morgan fingerprint density at radius 3 is 2.93 bits per heavy atom. The van der Waals surface area contributed by atoms with Crippen LogP contribution in [0.5, 0.6) is 0 Å². The summed E-state index contributed by atoms with van der Waals surface area (Å²) in [5.74, 6) is 0.0704. The molecule has 0 aromatic heterocycles. The molecule has 1 saturated heterocycles. The molecule has 86 valence electrons. The Labute approximate surface area is 95.5 Å². The maximum atomic E-state index is 11.7. The molecule has 1 amide bonds. The summed E-state index contributed by atoms with van der Waals surface area (Å²) < 4.78 is 5.16. The lowest BCUT2D eigenvalue weighted by molar-refractivity contribution is -0.125. The summed E-state index contributed by atoms with van der Waals surface area (Å²) in [5, 5.41) is 2.95. The lowest BCUT2D eigenvalue weighted by Crippen LogP contribution is -2.40. The van der Waals surface area contributed by atoms with E-state index >= 15 is 0 Å². The van der Waals surface area contributed by atoms with Gasteiger partial charge in [-0.2, -0.15) is 0 Å². The Hall–Kier alpha value is -0.680. The van der Waals surface area contributed by atoms with Gasteiger partial charge in [0.1, 0.15) is 0 Å². The van der Waals surface area contributed by atoms with E-state index in [0.29, 0.717) is 24.6 Å². The molecule has 0 saturated carbocycles. The van der Waals surface area contributed by atoms with Crippen molar-refractivity contribution in [3.05, 3.63) is 0 Å². The van der Waals surface area contributed by atoms with Crippen molar-refractivity contribution < 1.29 is 9.53 Å². The first-order valence-corrected chi connectivity index (χ1v) is 5.70. The van der Waals surface area contributed by atoms with Gasteiger partial charge in [0.25, 0.3) is 0 Å². The lowest BCUT2D eigenvalue weighted by Gasteiger charge is -2.18. The van der Waals surface area contributed by atoms with Crippen LogP contribution in [0.2, 0.25) is 0 Å². The van der Waals surface area contributed by atoms with Crippen LogP contribution in [0, 0.1) is 5.92 Å². The molecule has 2 atom stereocenters. The third-order valence-electron chi connectivity index (χ3n) is 2.59. The van der Waals surface area contributed by atoms with Crippen molar-refractivity contribution in [3.8, 4) is 0 Å². The van der Waals surface area contributed by atoms with Crippen molar-refractivity contribution in [2.45, 2.75) is 32.2 Å². The normalized spacial score (nSPS) is 22.3. The Kier molecular flexibility index (Phi) is 4.98. The lowest BCUT2D eigenvalue weighted by atomic mass is 10.1. The number of hydrogen-bond acceptors (Lipinski definition) is 3. The van der Waals surface area contributed by atoms with Crippen molar-refractivity contribution in [3.63, 3.8) is 0 Å². The highest BCUT2D eigenvalue weighted by molar-refractivity contribution is 7.80. The fraction of sp³-hybridized carbons (Fsp3) is 0.800. The second-order valence-corrected chi connectivity index (χ2v) is 4.37. The molecular formula is C10H18N2O2S. The topological polar surface area (TPSA) is 64.3 Å². The first kappa shape index (κ1) is 12.4. The van der Waals surface area contributed by atoms with Crippen LogP contribution < -0.4 is 11.1 Å². The number of rotatable bonds is 5. The molecule has 0 aromatic carbocycles. The average Bonchev–Trinajstić information content (AvgIpc) is 2.68. The highest BCUT2D eigenvalue weighted by atomic mass is 32.1. The molecule has 15 heavy (non-hydrogen) atoms. The van der Waals surface area contributed by atoms with Crippen molar-refractivity contribution in [2.24, 2.45) is 11.7 Å². The van der Waals surface area contributed by atoms with Crippen molar-refractivity contribution in [1.82, 2.24) is 5.32 Å². The molecule has 1 fully saturated rings. The maximum Gasteiger partial charge on any atom is 0.225 e. The van der Waals surface area contributed by atoms with Gasteiger partial charge in [-0.3, -0.25) is 4.79 Å². The Morgan fingerprint density at radius 2 is 2.47 bits per heavy atom. The molecule has 2 unspecified atom stereocenters. The van der Waals surface area contributed by atoms with Crippen molar-refractivity contribution in [2.75, 3.05) is 13.2 Å². The molecule has 0 aromatic rings. The molecule has 0 spiro atoms. The number of amides is 1. The minimum Gasteiger partial charge on any atom is -0.393 e. The smallest absolute Gasteiger partial charge is 0.225 e. The molecule has 5 heteroatoms. The van der Waals surface area contributed by atoms with E-state index in [0.717, 1.165) is 12.8 Å². The minimum atomic E-state index is 0.00500. The van der Waals surface area contributed by atoms with Gasteiger partial charge in [-0.25, -0.2) is 0 Å². The number of ether oxygens (including phenoxy) is 1. The maximum absolute atomic E-state index is 11.7. The van der Waals surface area contributed by atoms with Crippen LogP contribution in [-0.2, 0) is 9.53 Å². The van der Waals surface area contributed by atoms with E-state index < -0.39 is 0 Å². The van der Waals surface area contributed by atoms with E-state index in [1.165, 1.54) is 0 Å². The largest absolute Gasteiger partial charge is 0.393 e. The van der Waals surface area contributed by atoms with Gasteiger partial charge in [0.15, 0.2) is 0 Å². The number of hydrogen-bond donors (Lipinski definition) is 2. The molecule has 0 aliphatic carbocycles. The van der Waals surface area contributed by atoms with Gasteiger partial charge >= 0.3 is 0 Å². The first-order chi connectivity index (χ1) is 7.13. The van der Waals surface area contributed by atoms with Crippen LogP contribution in [0.3, 0.4) is 0 Å². The average molecular weight is 230 g/mol. The van der Waals surface area contributed by atoms with Crippen LogP contribution in [0.15, 0.2) is 0 Å². The van der Waals surface area contributed by atoms with E-state index in [9.17, 15) is 4.79 Å². The molecule has 1 aliphatic heterocycles. The van der Waals surface area contributed by atoms with Gasteiger partial charge in [-0.15, -0.1) is 0 Å².